The Bertz CT molecular complexity index is 1120. The lowest BCUT2D eigenvalue weighted by Gasteiger charge is -2.31. The van der Waals surface area contributed by atoms with E-state index in [4.69, 9.17) is 9.40 Å². The van der Waals surface area contributed by atoms with Crippen molar-refractivity contribution >= 4 is 17.1 Å². The molecule has 5 rings (SSSR count). The summed E-state index contributed by atoms with van der Waals surface area (Å²) < 4.78 is 5.81. The zero-order valence-electron chi connectivity index (χ0n) is 17.5. The molecule has 2 aromatic carbocycles. The minimum Gasteiger partial charge on any atom is -0.424 e. The lowest BCUT2D eigenvalue weighted by Crippen LogP contribution is -2.38. The van der Waals surface area contributed by atoms with Crippen molar-refractivity contribution in [1.82, 2.24) is 19.9 Å². The summed E-state index contributed by atoms with van der Waals surface area (Å²) in [6, 6.07) is 17.4. The number of nitrogens with one attached hydrogen (secondary N) is 2. The van der Waals surface area contributed by atoms with Crippen LogP contribution in [0.4, 0.5) is 6.01 Å². The van der Waals surface area contributed by atoms with Gasteiger partial charge in [-0.2, -0.15) is 4.98 Å². The van der Waals surface area contributed by atoms with Crippen molar-refractivity contribution in [2.45, 2.75) is 39.3 Å². The largest absolute Gasteiger partial charge is 0.424 e. The van der Waals surface area contributed by atoms with Gasteiger partial charge in [-0.3, -0.25) is 4.90 Å². The molecular formula is C24H27N5O. The zero-order chi connectivity index (χ0) is 20.5. The first-order valence-corrected chi connectivity index (χ1v) is 10.6. The van der Waals surface area contributed by atoms with Crippen molar-refractivity contribution in [2.24, 2.45) is 0 Å². The topological polar surface area (TPSA) is 70.0 Å². The molecule has 0 bridgehead atoms. The molecule has 3 heterocycles. The fourth-order valence-corrected chi connectivity index (χ4v) is 4.14. The molecule has 1 aliphatic heterocycles. The average Bonchev–Trinajstić information content (AvgIpc) is 3.32. The molecule has 1 fully saturated rings. The molecule has 0 radical (unpaired) electrons. The average molecular weight is 402 g/mol. The number of benzene rings is 2. The first-order chi connectivity index (χ1) is 14.6. The number of hydrogen-bond acceptors (Lipinski definition) is 5. The lowest BCUT2D eigenvalue weighted by atomic mass is 10.1. The third-order valence-electron chi connectivity index (χ3n) is 5.86. The molecule has 4 aromatic rings. The number of imidazole rings is 1. The van der Waals surface area contributed by atoms with E-state index in [9.17, 15) is 0 Å². The Balaban J connectivity index is 1.19. The number of likely N-dealkylation sites (tertiary alicyclic amines) is 1. The second-order valence-corrected chi connectivity index (χ2v) is 8.21. The van der Waals surface area contributed by atoms with Gasteiger partial charge in [-0.1, -0.05) is 35.9 Å². The highest BCUT2D eigenvalue weighted by atomic mass is 16.4. The molecule has 0 amide bonds. The van der Waals surface area contributed by atoms with Gasteiger partial charge < -0.3 is 14.7 Å². The first kappa shape index (κ1) is 18.9. The fourth-order valence-electron chi connectivity index (χ4n) is 4.14. The maximum atomic E-state index is 5.81. The molecule has 30 heavy (non-hydrogen) atoms. The van der Waals surface area contributed by atoms with Gasteiger partial charge in [0.15, 0.2) is 5.58 Å². The van der Waals surface area contributed by atoms with Crippen molar-refractivity contribution in [1.29, 1.82) is 0 Å². The predicted octanol–water partition coefficient (Wildman–Crippen LogP) is 4.91. The summed E-state index contributed by atoms with van der Waals surface area (Å²) in [5.41, 5.74) is 6.41. The smallest absolute Gasteiger partial charge is 0.295 e. The molecule has 2 N–H and O–H groups in total. The summed E-state index contributed by atoms with van der Waals surface area (Å²) in [5, 5.41) is 3.47. The van der Waals surface area contributed by atoms with Crippen LogP contribution in [-0.2, 0) is 6.54 Å². The number of hydrogen-bond donors (Lipinski definition) is 2. The highest BCUT2D eigenvalue weighted by Gasteiger charge is 2.22. The molecule has 0 atom stereocenters. The molecule has 2 aromatic heterocycles. The Morgan fingerprint density at radius 1 is 1.07 bits per heavy atom. The van der Waals surface area contributed by atoms with Gasteiger partial charge in [0.25, 0.3) is 6.01 Å². The van der Waals surface area contributed by atoms with Crippen molar-refractivity contribution in [3.8, 4) is 11.4 Å². The molecule has 0 spiro atoms. The fraction of sp³-hybridized carbons (Fsp3) is 0.333. The van der Waals surface area contributed by atoms with Gasteiger partial charge in [-0.25, -0.2) is 4.98 Å². The number of aromatic nitrogens is 3. The Kier molecular flexibility index (Phi) is 5.01. The van der Waals surface area contributed by atoms with E-state index in [-0.39, 0.29) is 0 Å². The van der Waals surface area contributed by atoms with Crippen molar-refractivity contribution in [3.63, 3.8) is 0 Å². The first-order valence-electron chi connectivity index (χ1n) is 10.6. The number of H-pyrrole nitrogens is 1. The van der Waals surface area contributed by atoms with Crippen molar-refractivity contribution in [2.75, 3.05) is 18.4 Å². The second kappa shape index (κ2) is 7.95. The Labute approximate surface area is 176 Å². The van der Waals surface area contributed by atoms with Crippen LogP contribution >= 0.6 is 0 Å². The van der Waals surface area contributed by atoms with Gasteiger partial charge in [-0.05, 0) is 44.9 Å². The van der Waals surface area contributed by atoms with Gasteiger partial charge >= 0.3 is 0 Å². The van der Waals surface area contributed by atoms with Gasteiger partial charge in [0.05, 0.1) is 5.69 Å². The minimum absolute atomic E-state index is 0.387. The van der Waals surface area contributed by atoms with E-state index >= 15 is 0 Å². The quantitative estimate of drug-likeness (QED) is 0.497. The van der Waals surface area contributed by atoms with Crippen LogP contribution in [0.2, 0.25) is 0 Å². The number of aromatic amines is 1. The van der Waals surface area contributed by atoms with E-state index in [1.807, 2.05) is 24.3 Å². The van der Waals surface area contributed by atoms with E-state index in [2.05, 4.69) is 58.3 Å². The summed E-state index contributed by atoms with van der Waals surface area (Å²) in [7, 11) is 0. The Morgan fingerprint density at radius 3 is 2.70 bits per heavy atom. The van der Waals surface area contributed by atoms with Crippen molar-refractivity contribution < 1.29 is 4.42 Å². The molecule has 0 aliphatic carbocycles. The number of para-hydroxylation sites is 2. The van der Waals surface area contributed by atoms with Crippen molar-refractivity contribution in [3.05, 3.63) is 65.5 Å². The number of aryl methyl sites for hydroxylation is 2. The van der Waals surface area contributed by atoms with Crippen LogP contribution in [0, 0.1) is 13.8 Å². The summed E-state index contributed by atoms with van der Waals surface area (Å²) in [6.07, 6.45) is 2.12. The number of fused-ring (bicyclic) bond motifs is 1. The van der Waals surface area contributed by atoms with Crippen LogP contribution in [-0.4, -0.2) is 39.0 Å². The lowest BCUT2D eigenvalue weighted by molar-refractivity contribution is 0.208. The highest BCUT2D eigenvalue weighted by Crippen LogP contribution is 2.23. The zero-order valence-corrected chi connectivity index (χ0v) is 17.5. The van der Waals surface area contributed by atoms with Crippen LogP contribution in [0.25, 0.3) is 22.5 Å². The minimum atomic E-state index is 0.387. The maximum absolute atomic E-state index is 5.81. The molecule has 1 saturated heterocycles. The predicted molar refractivity (Wildman–Crippen MR) is 119 cm³/mol. The standard InChI is InChI=1S/C24H27N5O/c1-16-6-5-7-18(14-16)23-25-17(2)21(27-23)15-29-12-10-19(11-13-29)26-24-28-20-8-3-4-9-22(20)30-24/h3-9,14,19H,10-13,15H2,1-2H3,(H,25,27)(H,26,28). The highest BCUT2D eigenvalue weighted by molar-refractivity contribution is 5.74. The third kappa shape index (κ3) is 3.96. The molecule has 0 unspecified atom stereocenters. The third-order valence-corrected chi connectivity index (χ3v) is 5.86. The summed E-state index contributed by atoms with van der Waals surface area (Å²) >= 11 is 0. The van der Waals surface area contributed by atoms with E-state index in [1.165, 1.54) is 5.56 Å². The maximum Gasteiger partial charge on any atom is 0.295 e. The molecule has 1 aliphatic rings. The Morgan fingerprint density at radius 2 is 1.90 bits per heavy atom. The molecular weight excluding hydrogens is 374 g/mol. The second-order valence-electron chi connectivity index (χ2n) is 8.21. The molecule has 6 heteroatoms. The molecule has 6 nitrogen and oxygen atoms in total. The summed E-state index contributed by atoms with van der Waals surface area (Å²) in [5.74, 6) is 0.957. The number of piperidine rings is 1. The monoisotopic (exact) mass is 401 g/mol. The van der Waals surface area contributed by atoms with E-state index < -0.39 is 0 Å². The summed E-state index contributed by atoms with van der Waals surface area (Å²) in [4.78, 5) is 15.4. The van der Waals surface area contributed by atoms with E-state index in [1.54, 1.807) is 0 Å². The number of nitrogens with zero attached hydrogens (tertiary/aromatic N) is 3. The number of anilines is 1. The van der Waals surface area contributed by atoms with Gasteiger partial charge in [0.1, 0.15) is 11.3 Å². The van der Waals surface area contributed by atoms with Gasteiger partial charge in [-0.15, -0.1) is 0 Å². The van der Waals surface area contributed by atoms with Crippen LogP contribution in [0.1, 0.15) is 29.8 Å². The van der Waals surface area contributed by atoms with Gasteiger partial charge in [0.2, 0.25) is 0 Å². The number of rotatable bonds is 5. The van der Waals surface area contributed by atoms with Gasteiger partial charge in [0, 0.05) is 36.9 Å². The number of oxazole rings is 1. The van der Waals surface area contributed by atoms with Crippen LogP contribution < -0.4 is 5.32 Å². The molecule has 0 saturated carbocycles. The van der Waals surface area contributed by atoms with Crippen LogP contribution in [0.15, 0.2) is 52.9 Å². The van der Waals surface area contributed by atoms with Crippen LogP contribution in [0.3, 0.4) is 0 Å². The Hall–Kier alpha value is -3.12. The summed E-state index contributed by atoms with van der Waals surface area (Å²) in [6.45, 7) is 7.17. The van der Waals surface area contributed by atoms with E-state index in [0.29, 0.717) is 12.1 Å². The normalized spacial score (nSPS) is 15.7. The van der Waals surface area contributed by atoms with Crippen LogP contribution in [0.5, 0.6) is 0 Å². The van der Waals surface area contributed by atoms with E-state index in [0.717, 1.165) is 66.4 Å². The molecule has 154 valence electrons. The SMILES string of the molecule is Cc1cccc(-c2nc(CN3CCC(Nc4nc5ccccc5o4)CC3)c(C)[nH]2)c1.